The highest BCUT2D eigenvalue weighted by atomic mass is 31.2. The van der Waals surface area contributed by atoms with Gasteiger partial charge in [0, 0.05) is 30.3 Å². The normalized spacial score (nSPS) is 20.1. The van der Waals surface area contributed by atoms with E-state index in [9.17, 15) is 9.59 Å². The standard InChI is InChI=1S/C27H35N4O5P/c1-7-23-24(36-37(34-16-15-28-6)31(19(2)3)20(4)5)17-25(35-23)30-18-22(26(32)29-27(30)33)14-13-21-11-9-8-10-12-21/h8-12,18-20,23-25H,7,15-17H2,1-5H3,(H,29,32,33)/t23-,24?,25-,37?/m1/s1. The molecule has 1 fully saturated rings. The maximum atomic E-state index is 12.7. The lowest BCUT2D eigenvalue weighted by Gasteiger charge is -2.37. The van der Waals surface area contributed by atoms with Crippen LogP contribution in [-0.4, -0.2) is 51.7 Å². The minimum atomic E-state index is -1.45. The van der Waals surface area contributed by atoms with Crippen LogP contribution in [-0.2, 0) is 13.8 Å². The second kappa shape index (κ2) is 13.7. The summed E-state index contributed by atoms with van der Waals surface area (Å²) in [5.74, 6) is 5.83. The number of hydrogen-bond donors (Lipinski definition) is 1. The Balaban J connectivity index is 1.85. The molecule has 1 N–H and O–H groups in total. The molecular formula is C27H35N4O5P. The Hall–Kier alpha value is -2.78. The van der Waals surface area contributed by atoms with Crippen molar-refractivity contribution >= 4 is 8.53 Å². The Morgan fingerprint density at radius 2 is 1.92 bits per heavy atom. The summed E-state index contributed by atoms with van der Waals surface area (Å²) in [6.45, 7) is 17.9. The number of H-pyrrole nitrogens is 1. The van der Waals surface area contributed by atoms with Crippen LogP contribution in [0.4, 0.5) is 0 Å². The second-order valence-electron chi connectivity index (χ2n) is 9.26. The molecule has 0 radical (unpaired) electrons. The van der Waals surface area contributed by atoms with Crippen LogP contribution in [0.5, 0.6) is 0 Å². The minimum absolute atomic E-state index is 0.171. The van der Waals surface area contributed by atoms with Crippen molar-refractivity contribution in [2.75, 3.05) is 13.2 Å². The molecule has 0 amide bonds. The van der Waals surface area contributed by atoms with Gasteiger partial charge in [-0.1, -0.05) is 37.0 Å². The summed E-state index contributed by atoms with van der Waals surface area (Å²) < 4.78 is 22.4. The van der Waals surface area contributed by atoms with E-state index in [-0.39, 0.29) is 43.0 Å². The van der Waals surface area contributed by atoms with Crippen LogP contribution in [0.3, 0.4) is 0 Å². The van der Waals surface area contributed by atoms with Crippen LogP contribution < -0.4 is 11.2 Å². The highest BCUT2D eigenvalue weighted by Gasteiger charge is 2.40. The molecule has 0 saturated carbocycles. The van der Waals surface area contributed by atoms with E-state index < -0.39 is 26.0 Å². The Labute approximate surface area is 219 Å². The first-order valence-corrected chi connectivity index (χ1v) is 13.7. The lowest BCUT2D eigenvalue weighted by molar-refractivity contribution is -0.0201. The summed E-state index contributed by atoms with van der Waals surface area (Å²) in [7, 11) is -1.45. The molecule has 0 bridgehead atoms. The van der Waals surface area contributed by atoms with E-state index in [1.807, 2.05) is 37.3 Å². The zero-order valence-electron chi connectivity index (χ0n) is 22.0. The van der Waals surface area contributed by atoms with Gasteiger partial charge in [0.05, 0.1) is 12.2 Å². The number of hydrogen-bond acceptors (Lipinski definition) is 6. The molecule has 1 saturated heterocycles. The molecule has 198 valence electrons. The first kappa shape index (κ1) is 28.8. The van der Waals surface area contributed by atoms with Gasteiger partial charge in [0.1, 0.15) is 18.4 Å². The number of aromatic nitrogens is 2. The molecule has 2 unspecified atom stereocenters. The third kappa shape index (κ3) is 7.61. The van der Waals surface area contributed by atoms with Crippen molar-refractivity contribution in [2.24, 2.45) is 0 Å². The third-order valence-electron chi connectivity index (χ3n) is 5.85. The van der Waals surface area contributed by atoms with Crippen molar-refractivity contribution in [1.29, 1.82) is 0 Å². The fraction of sp³-hybridized carbons (Fsp3) is 0.519. The molecule has 1 aromatic carbocycles. The average molecular weight is 527 g/mol. The van der Waals surface area contributed by atoms with E-state index >= 15 is 0 Å². The van der Waals surface area contributed by atoms with Gasteiger partial charge in [-0.3, -0.25) is 14.3 Å². The number of benzene rings is 1. The van der Waals surface area contributed by atoms with Crippen molar-refractivity contribution in [3.63, 3.8) is 0 Å². The van der Waals surface area contributed by atoms with E-state index in [1.54, 1.807) is 0 Å². The van der Waals surface area contributed by atoms with Gasteiger partial charge in [0.15, 0.2) is 0 Å². The van der Waals surface area contributed by atoms with Crippen molar-refractivity contribution in [3.8, 4) is 11.8 Å². The zero-order valence-corrected chi connectivity index (χ0v) is 22.9. The molecule has 9 nitrogen and oxygen atoms in total. The molecule has 2 heterocycles. The molecule has 10 heteroatoms. The van der Waals surface area contributed by atoms with Gasteiger partial charge < -0.3 is 18.6 Å². The largest absolute Gasteiger partial charge is 0.352 e. The number of rotatable bonds is 10. The fourth-order valence-corrected chi connectivity index (χ4v) is 5.95. The summed E-state index contributed by atoms with van der Waals surface area (Å²) in [5.41, 5.74) is -0.149. The number of nitrogens with one attached hydrogen (secondary N) is 1. The Bertz CT molecular complexity index is 1230. The predicted molar refractivity (Wildman–Crippen MR) is 144 cm³/mol. The zero-order chi connectivity index (χ0) is 26.9. The summed E-state index contributed by atoms with van der Waals surface area (Å²) in [6.07, 6.45) is 1.33. The van der Waals surface area contributed by atoms with Crippen LogP contribution in [0.1, 0.15) is 64.8 Å². The Morgan fingerprint density at radius 1 is 1.22 bits per heavy atom. The number of ether oxygens (including phenoxy) is 1. The van der Waals surface area contributed by atoms with E-state index in [0.29, 0.717) is 12.8 Å². The number of aromatic amines is 1. The summed E-state index contributed by atoms with van der Waals surface area (Å²) in [5, 5.41) is 0. The van der Waals surface area contributed by atoms with E-state index in [2.05, 4.69) is 54.0 Å². The molecular weight excluding hydrogens is 491 g/mol. The highest BCUT2D eigenvalue weighted by molar-refractivity contribution is 7.44. The van der Waals surface area contributed by atoms with E-state index in [0.717, 1.165) is 5.56 Å². The molecule has 0 spiro atoms. The van der Waals surface area contributed by atoms with Crippen LogP contribution in [0.25, 0.3) is 4.85 Å². The quantitative estimate of drug-likeness (QED) is 0.215. The lowest BCUT2D eigenvalue weighted by Crippen LogP contribution is -2.36. The molecule has 1 aliphatic heterocycles. The second-order valence-corrected chi connectivity index (χ2v) is 10.7. The molecule has 4 atom stereocenters. The predicted octanol–water partition coefficient (Wildman–Crippen LogP) is 4.30. The summed E-state index contributed by atoms with van der Waals surface area (Å²) in [6, 6.07) is 9.66. The van der Waals surface area contributed by atoms with Crippen LogP contribution in [0.2, 0.25) is 0 Å². The topological polar surface area (TPSA) is 90.2 Å². The van der Waals surface area contributed by atoms with Gasteiger partial charge in [-0.15, -0.1) is 0 Å². The maximum Gasteiger partial charge on any atom is 0.330 e. The van der Waals surface area contributed by atoms with Crippen molar-refractivity contribution in [2.45, 2.75) is 78.0 Å². The highest BCUT2D eigenvalue weighted by Crippen LogP contribution is 2.50. The van der Waals surface area contributed by atoms with Gasteiger partial charge in [-0.2, -0.15) is 0 Å². The van der Waals surface area contributed by atoms with Crippen LogP contribution >= 0.6 is 8.53 Å². The minimum Gasteiger partial charge on any atom is -0.352 e. The van der Waals surface area contributed by atoms with Gasteiger partial charge in [-0.05, 0) is 46.2 Å². The van der Waals surface area contributed by atoms with E-state index in [1.165, 1.54) is 10.8 Å². The van der Waals surface area contributed by atoms with Gasteiger partial charge in [0.2, 0.25) is 6.54 Å². The fourth-order valence-electron chi connectivity index (χ4n) is 4.20. The molecule has 1 aromatic heterocycles. The molecule has 0 aliphatic carbocycles. The first-order valence-electron chi connectivity index (χ1n) is 12.5. The first-order chi connectivity index (χ1) is 17.7. The van der Waals surface area contributed by atoms with Crippen LogP contribution in [0, 0.1) is 18.4 Å². The van der Waals surface area contributed by atoms with E-state index in [4.69, 9.17) is 20.4 Å². The van der Waals surface area contributed by atoms with Gasteiger partial charge >= 0.3 is 5.69 Å². The maximum absolute atomic E-state index is 12.7. The Morgan fingerprint density at radius 3 is 2.54 bits per heavy atom. The average Bonchev–Trinajstić information content (AvgIpc) is 3.26. The Kier molecular flexibility index (Phi) is 10.6. The van der Waals surface area contributed by atoms with Crippen molar-refractivity contribution in [3.05, 3.63) is 79.9 Å². The third-order valence-corrected chi connectivity index (χ3v) is 8.01. The summed E-state index contributed by atoms with van der Waals surface area (Å²) in [4.78, 5) is 30.9. The summed E-state index contributed by atoms with van der Waals surface area (Å²) >= 11 is 0. The lowest BCUT2D eigenvalue weighted by atomic mass is 10.1. The molecule has 37 heavy (non-hydrogen) atoms. The molecule has 1 aliphatic rings. The molecule has 3 rings (SSSR count). The number of nitrogens with zero attached hydrogens (tertiary/aromatic N) is 3. The van der Waals surface area contributed by atoms with Gasteiger partial charge in [0.25, 0.3) is 14.1 Å². The van der Waals surface area contributed by atoms with Crippen molar-refractivity contribution in [1.82, 2.24) is 14.2 Å². The van der Waals surface area contributed by atoms with Crippen molar-refractivity contribution < 1.29 is 13.8 Å². The van der Waals surface area contributed by atoms with Gasteiger partial charge in [-0.25, -0.2) is 16.0 Å². The molecule has 2 aromatic rings. The van der Waals surface area contributed by atoms with Crippen LogP contribution in [0.15, 0.2) is 46.1 Å². The SMILES string of the molecule is [C-]#[N+]CCOP(OC1C[C@H](n2cc(C#Cc3ccccc3)c(=O)[nH]c2=O)O[C@@H]1CC)N(C(C)C)C(C)C. The monoisotopic (exact) mass is 526 g/mol. The smallest absolute Gasteiger partial charge is 0.330 e.